The van der Waals surface area contributed by atoms with Crippen molar-refractivity contribution in [2.24, 2.45) is 0 Å². The number of halogens is 2. The number of amides is 5. The second-order valence-electron chi connectivity index (χ2n) is 16.2. The lowest BCUT2D eigenvalue weighted by molar-refractivity contribution is -0.145. The molecule has 1 aromatic heterocycles. The van der Waals surface area contributed by atoms with Gasteiger partial charge < -0.3 is 46.6 Å². The van der Waals surface area contributed by atoms with E-state index in [1.807, 2.05) is 0 Å². The zero-order valence-electron chi connectivity index (χ0n) is 37.0. The first-order valence-corrected chi connectivity index (χ1v) is 21.6. The minimum atomic E-state index is -3.22. The van der Waals surface area contributed by atoms with E-state index < -0.39 is 104 Å². The van der Waals surface area contributed by atoms with Crippen LogP contribution in [0.1, 0.15) is 42.5 Å². The number of rotatable bonds is 21. The molecule has 1 unspecified atom stereocenters. The number of carbonyl (C=O) groups is 9. The summed E-state index contributed by atoms with van der Waals surface area (Å²) in [6.45, 7) is -1.93. The molecule has 8 N–H and O–H groups in total. The normalized spacial score (nSPS) is 18.0. The molecule has 68 heavy (non-hydrogen) atoms. The number of likely N-dealkylation sites (tertiary alicyclic amines) is 1. The van der Waals surface area contributed by atoms with Crippen molar-refractivity contribution >= 4 is 70.0 Å². The molecule has 2 saturated heterocycles. The van der Waals surface area contributed by atoms with Crippen LogP contribution in [0.3, 0.4) is 0 Å². The summed E-state index contributed by atoms with van der Waals surface area (Å²) in [6.07, 6.45) is -0.438. The number of alkyl halides is 2. The summed E-state index contributed by atoms with van der Waals surface area (Å²) >= 11 is 0. The summed E-state index contributed by atoms with van der Waals surface area (Å²) in [7, 11) is 0. The maximum Gasteiger partial charge on any atom is 0.320 e. The summed E-state index contributed by atoms with van der Waals surface area (Å²) in [6, 6.07) is 5.07. The number of hydrogen-bond donors (Lipinski definition) is 8. The number of benzene rings is 1. The topological polar surface area (TPSA) is 336 Å². The fourth-order valence-electron chi connectivity index (χ4n) is 7.68. The third-order valence-electron chi connectivity index (χ3n) is 11.1. The minimum Gasteiger partial charge on any atom is -0.480 e. The number of carboxylic acid groups (broad SMARTS) is 4. The van der Waals surface area contributed by atoms with E-state index in [4.69, 9.17) is 0 Å². The lowest BCUT2D eigenvalue weighted by atomic mass is 10.1. The maximum atomic E-state index is 13.8. The Labute approximate surface area is 388 Å². The smallest absolute Gasteiger partial charge is 0.320 e. The molecule has 2 aliphatic rings. The van der Waals surface area contributed by atoms with Crippen LogP contribution in [0.5, 0.6) is 0 Å². The number of anilines is 1. The van der Waals surface area contributed by atoms with E-state index in [9.17, 15) is 77.6 Å². The number of pyridine rings is 1. The Bertz CT molecular complexity index is 2200. The van der Waals surface area contributed by atoms with Crippen molar-refractivity contribution in [3.05, 3.63) is 36.0 Å². The molecule has 4 rings (SSSR count). The molecule has 2 atom stereocenters. The van der Waals surface area contributed by atoms with Crippen LogP contribution < -0.4 is 21.3 Å². The van der Waals surface area contributed by atoms with E-state index in [-0.39, 0.29) is 120 Å². The Kier molecular flexibility index (Phi) is 20.4. The monoisotopic (exact) mass is 959 g/mol. The highest BCUT2D eigenvalue weighted by Crippen LogP contribution is 2.31. The Hall–Kier alpha value is -6.95. The third kappa shape index (κ3) is 17.4. The third-order valence-corrected chi connectivity index (χ3v) is 11.1. The number of aliphatic carboxylic acids is 4. The Morgan fingerprint density at radius 3 is 1.79 bits per heavy atom. The molecular weight excluding hydrogens is 905 g/mol. The lowest BCUT2D eigenvalue weighted by Crippen LogP contribution is -2.52. The molecule has 5 amide bonds. The highest BCUT2D eigenvalue weighted by molar-refractivity contribution is 6.10. The zero-order valence-corrected chi connectivity index (χ0v) is 37.0. The van der Waals surface area contributed by atoms with Crippen LogP contribution in [0.2, 0.25) is 0 Å². The van der Waals surface area contributed by atoms with E-state index in [0.717, 1.165) is 4.90 Å². The highest BCUT2D eigenvalue weighted by Gasteiger charge is 2.47. The van der Waals surface area contributed by atoms with Crippen LogP contribution in [-0.4, -0.2) is 220 Å². The van der Waals surface area contributed by atoms with Gasteiger partial charge in [-0.3, -0.25) is 67.7 Å². The van der Waals surface area contributed by atoms with Gasteiger partial charge in [0.1, 0.15) is 12.1 Å². The van der Waals surface area contributed by atoms with Gasteiger partial charge in [-0.1, -0.05) is 12.1 Å². The van der Waals surface area contributed by atoms with Gasteiger partial charge in [0.05, 0.1) is 55.6 Å². The molecule has 0 saturated carbocycles. The molecular formula is C42H55F2N11O13. The molecule has 0 aliphatic carbocycles. The lowest BCUT2D eigenvalue weighted by Gasteiger charge is -2.35. The fraction of sp³-hybridized carbons (Fsp3) is 0.548. The van der Waals surface area contributed by atoms with Crippen molar-refractivity contribution in [2.75, 3.05) is 103 Å². The first-order valence-electron chi connectivity index (χ1n) is 21.6. The minimum absolute atomic E-state index is 0.0313. The maximum absolute atomic E-state index is 13.8. The molecule has 0 bridgehead atoms. The van der Waals surface area contributed by atoms with Gasteiger partial charge in [-0.25, -0.2) is 8.78 Å². The first-order chi connectivity index (χ1) is 32.2. The number of hydrogen-bond acceptors (Lipinski definition) is 15. The zero-order chi connectivity index (χ0) is 50.0. The highest BCUT2D eigenvalue weighted by atomic mass is 19.3. The van der Waals surface area contributed by atoms with Crippen LogP contribution in [0, 0.1) is 11.3 Å². The average Bonchev–Trinajstić information content (AvgIpc) is 3.60. The number of carbonyl (C=O) groups excluding carboxylic acids is 5. The molecule has 1 aromatic carbocycles. The number of para-hydroxylation sites is 1. The second kappa shape index (κ2) is 25.8. The van der Waals surface area contributed by atoms with Gasteiger partial charge in [0.2, 0.25) is 23.6 Å². The van der Waals surface area contributed by atoms with Crippen molar-refractivity contribution in [1.29, 1.82) is 5.26 Å². The number of fused-ring (bicyclic) bond motifs is 1. The van der Waals surface area contributed by atoms with Crippen LogP contribution in [0.25, 0.3) is 10.9 Å². The summed E-state index contributed by atoms with van der Waals surface area (Å²) in [5.74, 6) is -11.1. The molecule has 2 aromatic rings. The Morgan fingerprint density at radius 1 is 0.735 bits per heavy atom. The molecule has 3 heterocycles. The van der Waals surface area contributed by atoms with Crippen molar-refractivity contribution in [3.63, 3.8) is 0 Å². The van der Waals surface area contributed by atoms with Gasteiger partial charge in [-0.15, -0.1) is 0 Å². The van der Waals surface area contributed by atoms with E-state index in [0.29, 0.717) is 0 Å². The van der Waals surface area contributed by atoms with Crippen molar-refractivity contribution in [3.8, 4) is 6.07 Å². The quantitative estimate of drug-likeness (QED) is 0.0652. The number of carboxylic acids is 4. The standard InChI is InChI=1S/C42H55F2N11O13/c43-42(44)20-27(21-45)55(26-42)35(59)22-49-40(66)29-8-9-48-39-28(29)2-1-3-30(39)50-34(58)7-6-33(57)47-11-10-46-32(56)5-4-31(41(67)68)54-18-16-52(24-37(62)63)14-12-51(23-36(60)61)13-15-53(17-19-54)25-38(64)65/h1-3,8-9,27,31H,4-7,10-20,22-26H2,(H,46,56)(H,47,57)(H,49,66)(H,50,58)(H,60,61)(H,62,63)(H,64,65)(H,67,68)/t27-,31?/m0/s1. The van der Waals surface area contributed by atoms with Crippen molar-refractivity contribution < 1.29 is 72.4 Å². The molecule has 370 valence electrons. The Balaban J connectivity index is 1.23. The fourth-order valence-corrected chi connectivity index (χ4v) is 7.68. The molecule has 0 radical (unpaired) electrons. The van der Waals surface area contributed by atoms with E-state index in [1.165, 1.54) is 24.4 Å². The second-order valence-corrected chi connectivity index (χ2v) is 16.2. The molecule has 24 nitrogen and oxygen atoms in total. The summed E-state index contributed by atoms with van der Waals surface area (Å²) < 4.78 is 27.6. The largest absolute Gasteiger partial charge is 0.480 e. The van der Waals surface area contributed by atoms with Crippen molar-refractivity contribution in [2.45, 2.75) is 50.1 Å². The van der Waals surface area contributed by atoms with E-state index >= 15 is 0 Å². The molecule has 2 fully saturated rings. The summed E-state index contributed by atoms with van der Waals surface area (Å²) in [4.78, 5) is 122. The summed E-state index contributed by atoms with van der Waals surface area (Å²) in [5.41, 5.74) is 0.471. The van der Waals surface area contributed by atoms with Crippen LogP contribution in [-0.2, 0) is 38.4 Å². The van der Waals surface area contributed by atoms with Crippen LogP contribution in [0.4, 0.5) is 14.5 Å². The summed E-state index contributed by atoms with van der Waals surface area (Å²) in [5, 5.41) is 58.2. The number of aromatic nitrogens is 1. The van der Waals surface area contributed by atoms with Gasteiger partial charge in [-0.2, -0.15) is 5.26 Å². The molecule has 0 spiro atoms. The number of nitrogens with zero attached hydrogens (tertiary/aromatic N) is 7. The van der Waals surface area contributed by atoms with Gasteiger partial charge in [-0.05, 0) is 18.6 Å². The Morgan fingerprint density at radius 2 is 1.26 bits per heavy atom. The number of nitrogens with one attached hydrogen (secondary N) is 4. The van der Waals surface area contributed by atoms with E-state index in [1.54, 1.807) is 31.7 Å². The SMILES string of the molecule is N#C[C@@H]1CC(F)(F)CN1C(=O)CNC(=O)c1ccnc2c(NC(=O)CCC(=O)NCCNC(=O)CCC(C(=O)O)N3CCN(CC(=O)O)CCN(CC(=O)O)CCN(CC(=O)O)CC3)cccc12. The van der Waals surface area contributed by atoms with Gasteiger partial charge >= 0.3 is 23.9 Å². The molecule has 2 aliphatic heterocycles. The van der Waals surface area contributed by atoms with Gasteiger partial charge in [0.25, 0.3) is 11.8 Å². The van der Waals surface area contributed by atoms with Crippen LogP contribution in [0.15, 0.2) is 30.5 Å². The molecule has 26 heteroatoms. The van der Waals surface area contributed by atoms with Crippen molar-refractivity contribution in [1.82, 2.24) is 45.4 Å². The average molecular weight is 960 g/mol. The number of nitriles is 1. The predicted octanol–water partition coefficient (Wildman–Crippen LogP) is -1.62. The predicted molar refractivity (Wildman–Crippen MR) is 233 cm³/mol. The van der Waals surface area contributed by atoms with E-state index in [2.05, 4.69) is 26.3 Å². The van der Waals surface area contributed by atoms with Gasteiger partial charge in [0.15, 0.2) is 0 Å². The van der Waals surface area contributed by atoms with Gasteiger partial charge in [0, 0.05) is 103 Å². The first kappa shape index (κ1) is 53.7. The van der Waals surface area contributed by atoms with Crippen LogP contribution >= 0.6 is 0 Å².